The fourth-order valence-corrected chi connectivity index (χ4v) is 3.32. The molecule has 0 fully saturated rings. The molecule has 1 aliphatic rings. The molecule has 2 aromatic heterocycles. The Hall–Kier alpha value is -3.46. The van der Waals surface area contributed by atoms with Crippen LogP contribution in [0.25, 0.3) is 5.69 Å². The molecule has 9 nitrogen and oxygen atoms in total. The van der Waals surface area contributed by atoms with Crippen molar-refractivity contribution >= 4 is 11.9 Å². The minimum atomic E-state index is -0.833. The first kappa shape index (κ1) is 24.8. The molecular formula is C23H31N5O4. The summed E-state index contributed by atoms with van der Waals surface area (Å²) in [6, 6.07) is 8.83. The number of aromatic nitrogens is 4. The van der Waals surface area contributed by atoms with Gasteiger partial charge in [0.1, 0.15) is 0 Å². The van der Waals surface area contributed by atoms with Crippen molar-refractivity contribution in [3.8, 4) is 5.69 Å². The van der Waals surface area contributed by atoms with E-state index in [1.54, 1.807) is 6.33 Å². The molecule has 1 aromatic carbocycles. The van der Waals surface area contributed by atoms with Gasteiger partial charge in [-0.25, -0.2) is 9.67 Å². The van der Waals surface area contributed by atoms with Crippen LogP contribution < -0.4 is 5.32 Å². The van der Waals surface area contributed by atoms with Crippen molar-refractivity contribution in [3.05, 3.63) is 65.5 Å². The summed E-state index contributed by atoms with van der Waals surface area (Å²) < 4.78 is 1.95. The second-order valence-electron chi connectivity index (χ2n) is 7.43. The van der Waals surface area contributed by atoms with Crippen LogP contribution in [0.4, 0.5) is 0 Å². The molecule has 0 spiro atoms. The van der Waals surface area contributed by atoms with Crippen molar-refractivity contribution in [2.24, 2.45) is 0 Å². The SMILES string of the molecule is CC(=O)O.CC(=O)O.CCCCc1ccc(-n2cc(C3NCCc4[nH]cnc43)cn2)cc1. The average Bonchev–Trinajstić information content (AvgIpc) is 3.41. The van der Waals surface area contributed by atoms with E-state index in [0.29, 0.717) is 0 Å². The summed E-state index contributed by atoms with van der Waals surface area (Å²) in [5.74, 6) is -1.67. The molecule has 0 aliphatic carbocycles. The van der Waals surface area contributed by atoms with Crippen molar-refractivity contribution in [2.45, 2.75) is 52.5 Å². The quantitative estimate of drug-likeness (QED) is 0.477. The highest BCUT2D eigenvalue weighted by molar-refractivity contribution is 5.63. The maximum absolute atomic E-state index is 9.00. The zero-order valence-corrected chi connectivity index (χ0v) is 18.7. The van der Waals surface area contributed by atoms with E-state index in [2.05, 4.69) is 57.8 Å². The molecule has 0 saturated carbocycles. The smallest absolute Gasteiger partial charge is 0.300 e. The van der Waals surface area contributed by atoms with E-state index in [4.69, 9.17) is 19.8 Å². The highest BCUT2D eigenvalue weighted by Crippen LogP contribution is 2.26. The Kier molecular flexibility index (Phi) is 9.62. The van der Waals surface area contributed by atoms with Crippen molar-refractivity contribution in [1.29, 1.82) is 0 Å². The molecule has 172 valence electrons. The Morgan fingerprint density at radius 3 is 2.44 bits per heavy atom. The molecule has 32 heavy (non-hydrogen) atoms. The van der Waals surface area contributed by atoms with Gasteiger partial charge < -0.3 is 20.5 Å². The van der Waals surface area contributed by atoms with Crippen LogP contribution in [0, 0.1) is 0 Å². The van der Waals surface area contributed by atoms with Gasteiger partial charge in [-0.1, -0.05) is 25.5 Å². The second-order valence-corrected chi connectivity index (χ2v) is 7.43. The number of carboxylic acid groups (broad SMARTS) is 2. The fourth-order valence-electron chi connectivity index (χ4n) is 3.32. The summed E-state index contributed by atoms with van der Waals surface area (Å²) in [6.07, 6.45) is 10.4. The van der Waals surface area contributed by atoms with Crippen LogP contribution in [-0.4, -0.2) is 48.4 Å². The lowest BCUT2D eigenvalue weighted by molar-refractivity contribution is -0.135. The number of fused-ring (bicyclic) bond motifs is 1. The van der Waals surface area contributed by atoms with Crippen LogP contribution in [0.1, 0.15) is 62.2 Å². The summed E-state index contributed by atoms with van der Waals surface area (Å²) in [4.78, 5) is 25.7. The van der Waals surface area contributed by atoms with Gasteiger partial charge in [0.25, 0.3) is 11.9 Å². The third-order valence-corrected chi connectivity index (χ3v) is 4.70. The van der Waals surface area contributed by atoms with Gasteiger partial charge in [-0.3, -0.25) is 9.59 Å². The van der Waals surface area contributed by atoms with Gasteiger partial charge in [-0.05, 0) is 30.5 Å². The number of rotatable bonds is 5. The number of nitrogens with one attached hydrogen (secondary N) is 2. The lowest BCUT2D eigenvalue weighted by Gasteiger charge is -2.21. The number of H-pyrrole nitrogens is 1. The summed E-state index contributed by atoms with van der Waals surface area (Å²) >= 11 is 0. The lowest BCUT2D eigenvalue weighted by atomic mass is 10.0. The zero-order chi connectivity index (χ0) is 23.5. The van der Waals surface area contributed by atoms with E-state index in [1.165, 1.54) is 24.1 Å². The standard InChI is InChI=1S/C19H23N5.2C2H4O2/c1-2-3-4-14-5-7-16(8-6-14)24-12-15(11-23-24)18-19-17(9-10-20-18)21-13-22-19;2*1-2(3)4/h5-8,11-13,18,20H,2-4,9-10H2,1H3,(H,21,22);2*1H3,(H,3,4). The Balaban J connectivity index is 0.000000395. The molecule has 9 heteroatoms. The molecule has 1 aliphatic heterocycles. The largest absolute Gasteiger partial charge is 0.481 e. The number of benzene rings is 1. The van der Waals surface area contributed by atoms with Gasteiger partial charge in [0.15, 0.2) is 0 Å². The van der Waals surface area contributed by atoms with E-state index in [0.717, 1.165) is 50.2 Å². The molecule has 1 unspecified atom stereocenters. The second kappa shape index (κ2) is 12.4. The van der Waals surface area contributed by atoms with Crippen LogP contribution in [0.15, 0.2) is 43.0 Å². The number of nitrogens with zero attached hydrogens (tertiary/aromatic N) is 3. The summed E-state index contributed by atoms with van der Waals surface area (Å²) in [5, 5.41) is 22.9. The number of unbranched alkanes of at least 4 members (excludes halogenated alkanes) is 1. The number of aryl methyl sites for hydroxylation is 1. The normalized spacial score (nSPS) is 14.3. The average molecular weight is 442 g/mol. The first-order valence-corrected chi connectivity index (χ1v) is 10.6. The highest BCUT2D eigenvalue weighted by atomic mass is 16.4. The van der Waals surface area contributed by atoms with E-state index in [9.17, 15) is 0 Å². The molecule has 3 heterocycles. The van der Waals surface area contributed by atoms with E-state index in [-0.39, 0.29) is 6.04 Å². The molecule has 4 rings (SSSR count). The molecule has 1 atom stereocenters. The van der Waals surface area contributed by atoms with Crippen molar-refractivity contribution in [1.82, 2.24) is 25.1 Å². The lowest BCUT2D eigenvalue weighted by Crippen LogP contribution is -2.30. The van der Waals surface area contributed by atoms with Crippen molar-refractivity contribution in [3.63, 3.8) is 0 Å². The molecular weight excluding hydrogens is 410 g/mol. The monoisotopic (exact) mass is 441 g/mol. The predicted octanol–water partition coefficient (Wildman–Crippen LogP) is 3.35. The van der Waals surface area contributed by atoms with Gasteiger partial charge in [0, 0.05) is 44.3 Å². The number of aliphatic carboxylic acids is 2. The van der Waals surface area contributed by atoms with Gasteiger partial charge in [-0.15, -0.1) is 0 Å². The Morgan fingerprint density at radius 1 is 1.16 bits per heavy atom. The number of hydrogen-bond donors (Lipinski definition) is 4. The number of imidazole rings is 1. The first-order chi connectivity index (χ1) is 15.3. The highest BCUT2D eigenvalue weighted by Gasteiger charge is 2.24. The number of hydrogen-bond acceptors (Lipinski definition) is 5. The van der Waals surface area contributed by atoms with Gasteiger partial charge in [0.2, 0.25) is 0 Å². The first-order valence-electron chi connectivity index (χ1n) is 10.6. The summed E-state index contributed by atoms with van der Waals surface area (Å²) in [7, 11) is 0. The third kappa shape index (κ3) is 7.66. The van der Waals surface area contributed by atoms with Crippen molar-refractivity contribution < 1.29 is 19.8 Å². The molecule has 0 saturated heterocycles. The summed E-state index contributed by atoms with van der Waals surface area (Å²) in [6.45, 7) is 5.35. The van der Waals surface area contributed by atoms with E-state index >= 15 is 0 Å². The zero-order valence-electron chi connectivity index (χ0n) is 18.7. The third-order valence-electron chi connectivity index (χ3n) is 4.70. The maximum atomic E-state index is 9.00. The number of carboxylic acids is 2. The van der Waals surface area contributed by atoms with E-state index < -0.39 is 11.9 Å². The summed E-state index contributed by atoms with van der Waals surface area (Å²) in [5.41, 5.74) is 5.96. The Labute approximate surface area is 187 Å². The Morgan fingerprint density at radius 2 is 1.81 bits per heavy atom. The predicted molar refractivity (Wildman–Crippen MR) is 121 cm³/mol. The molecule has 0 radical (unpaired) electrons. The molecule has 3 aromatic rings. The molecule has 0 bridgehead atoms. The van der Waals surface area contributed by atoms with Crippen LogP contribution >= 0.6 is 0 Å². The van der Waals surface area contributed by atoms with Crippen LogP contribution in [0.2, 0.25) is 0 Å². The van der Waals surface area contributed by atoms with Crippen LogP contribution in [0.5, 0.6) is 0 Å². The minimum absolute atomic E-state index is 0.123. The van der Waals surface area contributed by atoms with Crippen LogP contribution in [0.3, 0.4) is 0 Å². The number of carbonyl (C=O) groups is 2. The maximum Gasteiger partial charge on any atom is 0.300 e. The van der Waals surface area contributed by atoms with Crippen molar-refractivity contribution in [2.75, 3.05) is 6.54 Å². The molecule has 0 amide bonds. The van der Waals surface area contributed by atoms with Crippen LogP contribution in [-0.2, 0) is 22.4 Å². The van der Waals surface area contributed by atoms with Gasteiger partial charge >= 0.3 is 0 Å². The number of aromatic amines is 1. The van der Waals surface area contributed by atoms with E-state index in [1.807, 2.05) is 10.9 Å². The van der Waals surface area contributed by atoms with Gasteiger partial charge in [0.05, 0.1) is 29.9 Å². The topological polar surface area (TPSA) is 133 Å². The minimum Gasteiger partial charge on any atom is -0.481 e. The van der Waals surface area contributed by atoms with Gasteiger partial charge in [-0.2, -0.15) is 5.10 Å². The fraction of sp³-hybridized carbons (Fsp3) is 0.391. The Bertz CT molecular complexity index is 974. The molecule has 4 N–H and O–H groups in total.